The third kappa shape index (κ3) is 5.45. The van der Waals surface area contributed by atoms with Crippen LogP contribution in [0.5, 0.6) is 0 Å². The number of anilines is 1. The molecule has 1 N–H and O–H groups in total. The highest BCUT2D eigenvalue weighted by molar-refractivity contribution is 5.76. The molecule has 1 aromatic heterocycles. The van der Waals surface area contributed by atoms with Crippen molar-refractivity contribution in [2.24, 2.45) is 0 Å². The molecule has 0 radical (unpaired) electrons. The van der Waals surface area contributed by atoms with Gasteiger partial charge in [-0.1, -0.05) is 36.4 Å². The molecule has 0 bridgehead atoms. The molecule has 1 saturated heterocycles. The van der Waals surface area contributed by atoms with Crippen LogP contribution in [0.15, 0.2) is 48.5 Å². The standard InChI is InChI=1S/C20H22F3N3O/c21-20(22,23)17-7-4-8-18(25-17)26-13-11-16(12-14-26)24-19(27)10-9-15-5-2-1-3-6-15/h1-8,16H,9-14H2,(H,24,27). The second-order valence-corrected chi connectivity index (χ2v) is 6.69. The molecule has 0 unspecified atom stereocenters. The van der Waals surface area contributed by atoms with E-state index in [1.165, 1.54) is 6.07 Å². The van der Waals surface area contributed by atoms with Gasteiger partial charge in [-0.25, -0.2) is 4.98 Å². The number of halogens is 3. The van der Waals surface area contributed by atoms with E-state index < -0.39 is 11.9 Å². The molecular weight excluding hydrogens is 355 g/mol. The molecule has 1 amide bonds. The first-order chi connectivity index (χ1) is 12.9. The number of benzene rings is 1. The summed E-state index contributed by atoms with van der Waals surface area (Å²) in [6, 6.07) is 13.8. The zero-order chi connectivity index (χ0) is 19.3. The van der Waals surface area contributed by atoms with Crippen molar-refractivity contribution in [2.75, 3.05) is 18.0 Å². The van der Waals surface area contributed by atoms with Crippen LogP contribution in [0.1, 0.15) is 30.5 Å². The second kappa shape index (κ2) is 8.41. The van der Waals surface area contributed by atoms with Crippen molar-refractivity contribution in [3.8, 4) is 0 Å². The van der Waals surface area contributed by atoms with Gasteiger partial charge in [0.1, 0.15) is 11.5 Å². The molecule has 3 rings (SSSR count). The molecule has 2 heterocycles. The summed E-state index contributed by atoms with van der Waals surface area (Å²) in [4.78, 5) is 17.7. The highest BCUT2D eigenvalue weighted by Crippen LogP contribution is 2.29. The van der Waals surface area contributed by atoms with Gasteiger partial charge < -0.3 is 10.2 Å². The Morgan fingerprint density at radius 3 is 2.44 bits per heavy atom. The molecule has 1 aliphatic rings. The highest BCUT2D eigenvalue weighted by atomic mass is 19.4. The minimum atomic E-state index is -4.44. The van der Waals surface area contributed by atoms with Gasteiger partial charge in [-0.3, -0.25) is 4.79 Å². The van der Waals surface area contributed by atoms with E-state index >= 15 is 0 Å². The molecule has 144 valence electrons. The van der Waals surface area contributed by atoms with Crippen molar-refractivity contribution in [1.29, 1.82) is 0 Å². The molecule has 0 aliphatic carbocycles. The summed E-state index contributed by atoms with van der Waals surface area (Å²) in [5.74, 6) is 0.341. The van der Waals surface area contributed by atoms with E-state index in [4.69, 9.17) is 0 Å². The van der Waals surface area contributed by atoms with Gasteiger partial charge in [-0.15, -0.1) is 0 Å². The van der Waals surface area contributed by atoms with Crippen LogP contribution >= 0.6 is 0 Å². The molecule has 0 atom stereocenters. The minimum absolute atomic E-state index is 0.00879. The number of nitrogens with zero attached hydrogens (tertiary/aromatic N) is 2. The largest absolute Gasteiger partial charge is 0.433 e. The van der Waals surface area contributed by atoms with E-state index in [-0.39, 0.29) is 11.9 Å². The summed E-state index contributed by atoms with van der Waals surface area (Å²) in [6.45, 7) is 1.13. The lowest BCUT2D eigenvalue weighted by atomic mass is 10.0. The van der Waals surface area contributed by atoms with E-state index in [9.17, 15) is 18.0 Å². The predicted molar refractivity (Wildman–Crippen MR) is 97.4 cm³/mol. The van der Waals surface area contributed by atoms with Crippen LogP contribution in [-0.4, -0.2) is 30.0 Å². The van der Waals surface area contributed by atoms with Crippen LogP contribution in [0.2, 0.25) is 0 Å². The molecule has 1 fully saturated rings. The Labute approximate surface area is 156 Å². The fourth-order valence-electron chi connectivity index (χ4n) is 3.21. The fraction of sp³-hybridized carbons (Fsp3) is 0.400. The third-order valence-corrected chi connectivity index (χ3v) is 4.69. The Morgan fingerprint density at radius 2 is 1.78 bits per heavy atom. The van der Waals surface area contributed by atoms with E-state index in [1.807, 2.05) is 35.2 Å². The number of carbonyl (C=O) groups is 1. The smallest absolute Gasteiger partial charge is 0.356 e. The summed E-state index contributed by atoms with van der Waals surface area (Å²) in [6.07, 6.45) is -1.94. The number of amides is 1. The van der Waals surface area contributed by atoms with Gasteiger partial charge in [-0.05, 0) is 37.0 Å². The molecule has 0 saturated carbocycles. The third-order valence-electron chi connectivity index (χ3n) is 4.69. The van der Waals surface area contributed by atoms with Crippen molar-refractivity contribution < 1.29 is 18.0 Å². The number of piperidine rings is 1. The number of hydrogen-bond acceptors (Lipinski definition) is 3. The normalized spacial score (nSPS) is 15.6. The van der Waals surface area contributed by atoms with E-state index in [0.717, 1.165) is 11.6 Å². The van der Waals surface area contributed by atoms with Crippen molar-refractivity contribution in [3.05, 3.63) is 59.8 Å². The van der Waals surface area contributed by atoms with Crippen LogP contribution in [0.4, 0.5) is 19.0 Å². The highest BCUT2D eigenvalue weighted by Gasteiger charge is 2.33. The van der Waals surface area contributed by atoms with Crippen LogP contribution in [0.3, 0.4) is 0 Å². The van der Waals surface area contributed by atoms with Gasteiger partial charge >= 0.3 is 6.18 Å². The Balaban J connectivity index is 1.47. The monoisotopic (exact) mass is 377 g/mol. The summed E-state index contributed by atoms with van der Waals surface area (Å²) in [5, 5.41) is 3.03. The number of nitrogens with one attached hydrogen (secondary N) is 1. The Bertz CT molecular complexity index is 757. The number of hydrogen-bond donors (Lipinski definition) is 1. The first kappa shape index (κ1) is 19.2. The van der Waals surface area contributed by atoms with Crippen molar-refractivity contribution in [3.63, 3.8) is 0 Å². The van der Waals surface area contributed by atoms with Gasteiger partial charge in [0, 0.05) is 25.6 Å². The molecular formula is C20H22F3N3O. The average molecular weight is 377 g/mol. The van der Waals surface area contributed by atoms with E-state index in [2.05, 4.69) is 10.3 Å². The molecule has 27 heavy (non-hydrogen) atoms. The number of aryl methyl sites for hydroxylation is 1. The Morgan fingerprint density at radius 1 is 1.07 bits per heavy atom. The van der Waals surface area contributed by atoms with Crippen molar-refractivity contribution in [1.82, 2.24) is 10.3 Å². The summed E-state index contributed by atoms with van der Waals surface area (Å²) >= 11 is 0. The van der Waals surface area contributed by atoms with Gasteiger partial charge in [0.2, 0.25) is 5.91 Å². The molecule has 0 spiro atoms. The van der Waals surface area contributed by atoms with Crippen LogP contribution in [-0.2, 0) is 17.4 Å². The Kier molecular flexibility index (Phi) is 5.98. The lowest BCUT2D eigenvalue weighted by molar-refractivity contribution is -0.141. The van der Waals surface area contributed by atoms with Crippen molar-refractivity contribution in [2.45, 2.75) is 37.9 Å². The Hall–Kier alpha value is -2.57. The first-order valence-corrected chi connectivity index (χ1v) is 9.04. The summed E-state index contributed by atoms with van der Waals surface area (Å²) in [5.41, 5.74) is 0.245. The van der Waals surface area contributed by atoms with Crippen LogP contribution in [0, 0.1) is 0 Å². The van der Waals surface area contributed by atoms with Gasteiger partial charge in [0.15, 0.2) is 0 Å². The number of rotatable bonds is 5. The van der Waals surface area contributed by atoms with Crippen LogP contribution in [0.25, 0.3) is 0 Å². The van der Waals surface area contributed by atoms with Gasteiger partial charge in [-0.2, -0.15) is 13.2 Å². The molecule has 7 heteroatoms. The average Bonchev–Trinajstić information content (AvgIpc) is 2.67. The maximum Gasteiger partial charge on any atom is 0.433 e. The maximum atomic E-state index is 12.8. The SMILES string of the molecule is O=C(CCc1ccccc1)NC1CCN(c2cccc(C(F)(F)F)n2)CC1. The zero-order valence-corrected chi connectivity index (χ0v) is 14.9. The fourth-order valence-corrected chi connectivity index (χ4v) is 3.21. The first-order valence-electron chi connectivity index (χ1n) is 9.04. The molecule has 4 nitrogen and oxygen atoms in total. The van der Waals surface area contributed by atoms with Gasteiger partial charge in [0.05, 0.1) is 0 Å². The quantitative estimate of drug-likeness (QED) is 0.862. The predicted octanol–water partition coefficient (Wildman–Crippen LogP) is 3.82. The minimum Gasteiger partial charge on any atom is -0.356 e. The van der Waals surface area contributed by atoms with Crippen LogP contribution < -0.4 is 10.2 Å². The number of pyridine rings is 1. The lowest BCUT2D eigenvalue weighted by Crippen LogP contribution is -2.45. The molecule has 1 aromatic carbocycles. The lowest BCUT2D eigenvalue weighted by Gasteiger charge is -2.33. The maximum absolute atomic E-state index is 12.8. The topological polar surface area (TPSA) is 45.2 Å². The van der Waals surface area contributed by atoms with E-state index in [0.29, 0.717) is 44.6 Å². The van der Waals surface area contributed by atoms with Gasteiger partial charge in [0.25, 0.3) is 0 Å². The summed E-state index contributed by atoms with van der Waals surface area (Å²) < 4.78 is 38.4. The number of alkyl halides is 3. The zero-order valence-electron chi connectivity index (χ0n) is 14.9. The number of carbonyl (C=O) groups excluding carboxylic acids is 1. The second-order valence-electron chi connectivity index (χ2n) is 6.69. The summed E-state index contributed by atoms with van der Waals surface area (Å²) in [7, 11) is 0. The molecule has 2 aromatic rings. The van der Waals surface area contributed by atoms with Crippen molar-refractivity contribution >= 4 is 11.7 Å². The molecule has 1 aliphatic heterocycles. The number of aromatic nitrogens is 1. The van der Waals surface area contributed by atoms with E-state index in [1.54, 1.807) is 6.07 Å².